The Bertz CT molecular complexity index is 2720. The van der Waals surface area contributed by atoms with Crippen molar-refractivity contribution in [3.8, 4) is 5.75 Å². The van der Waals surface area contributed by atoms with Gasteiger partial charge in [0.15, 0.2) is 0 Å². The molecule has 0 aromatic heterocycles. The van der Waals surface area contributed by atoms with Crippen LogP contribution in [0, 0.1) is 12.8 Å². The van der Waals surface area contributed by atoms with Crippen molar-refractivity contribution in [3.63, 3.8) is 0 Å². The summed E-state index contributed by atoms with van der Waals surface area (Å²) in [6, 6.07) is 27.2. The molecule has 1 saturated heterocycles. The Morgan fingerprint density at radius 2 is 1.42 bits per heavy atom. The highest BCUT2D eigenvalue weighted by molar-refractivity contribution is 7.79. The van der Waals surface area contributed by atoms with Crippen molar-refractivity contribution in [1.82, 2.24) is 20.0 Å². The monoisotopic (exact) mass is 1190 g/mol. The molecule has 2 unspecified atom stereocenters. The second-order valence-corrected chi connectivity index (χ2v) is 21.9. The number of benzene rings is 4. The van der Waals surface area contributed by atoms with E-state index in [2.05, 4.69) is 145 Å². The second-order valence-electron chi connectivity index (χ2n) is 21.6. The zero-order valence-electron chi connectivity index (χ0n) is 55.8. The predicted octanol–water partition coefficient (Wildman–Crippen LogP) is 19.3. The maximum atomic E-state index is 13.9. The van der Waals surface area contributed by atoms with Crippen LogP contribution in [0.15, 0.2) is 169 Å². The second kappa shape index (κ2) is 48.6. The van der Waals surface area contributed by atoms with Crippen LogP contribution in [0.3, 0.4) is 0 Å². The number of nitrogens with one attached hydrogen (secondary N) is 2. The average molecular weight is 1190 g/mol. The fraction of sp³-hybridized carbons (Fsp3) is 0.474. The fourth-order valence-corrected chi connectivity index (χ4v) is 9.77. The smallest absolute Gasteiger partial charge is 0.256 e. The molecule has 0 aliphatic carbocycles. The third-order valence-corrected chi connectivity index (χ3v) is 14.8. The van der Waals surface area contributed by atoms with E-state index in [0.29, 0.717) is 30.1 Å². The van der Waals surface area contributed by atoms with E-state index in [0.717, 1.165) is 123 Å². The summed E-state index contributed by atoms with van der Waals surface area (Å²) < 4.78 is 6.33. The van der Waals surface area contributed by atoms with Gasteiger partial charge in [0.25, 0.3) is 5.91 Å². The van der Waals surface area contributed by atoms with Crippen LogP contribution >= 0.6 is 12.2 Å². The van der Waals surface area contributed by atoms with E-state index < -0.39 is 6.04 Å². The number of nitrogens with zero attached hydrogens (tertiary/aromatic N) is 3. The number of amides is 2. The maximum absolute atomic E-state index is 13.9. The number of carbonyl (C=O) groups excluding carboxylic acids is 3. The largest absolute Gasteiger partial charge is 0.457 e. The zero-order valence-corrected chi connectivity index (χ0v) is 56.6. The number of allylic oxidation sites excluding steroid dienone is 11. The van der Waals surface area contributed by atoms with Crippen molar-refractivity contribution >= 4 is 52.3 Å². The summed E-state index contributed by atoms with van der Waals surface area (Å²) in [6.07, 6.45) is 35.4. The number of anilines is 1. The van der Waals surface area contributed by atoms with Crippen LogP contribution in [-0.4, -0.2) is 91.7 Å². The summed E-state index contributed by atoms with van der Waals surface area (Å²) in [4.78, 5) is 43.6. The summed E-state index contributed by atoms with van der Waals surface area (Å²) in [5.41, 5.74) is 9.80. The van der Waals surface area contributed by atoms with E-state index in [1.165, 1.54) is 61.0 Å². The maximum Gasteiger partial charge on any atom is 0.256 e. The molecule has 0 bridgehead atoms. The number of fused-ring (bicyclic) bond motifs is 1. The number of likely N-dealkylation sites (tertiary alicyclic amines) is 1. The van der Waals surface area contributed by atoms with Crippen molar-refractivity contribution in [2.24, 2.45) is 5.92 Å². The number of ether oxygens (including phenoxy) is 1. The molecule has 1 fully saturated rings. The Labute approximate surface area is 528 Å². The van der Waals surface area contributed by atoms with Gasteiger partial charge in [-0.15, -0.1) is 0 Å². The number of aryl methyl sites for hydroxylation is 2. The molecule has 4 aromatic carbocycles. The third-order valence-electron chi connectivity index (χ3n) is 14.7. The van der Waals surface area contributed by atoms with Gasteiger partial charge >= 0.3 is 0 Å². The number of unbranched alkanes of at least 4 members (excludes halogenated alkanes) is 2. The van der Waals surface area contributed by atoms with Gasteiger partial charge in [0.2, 0.25) is 5.91 Å². The van der Waals surface area contributed by atoms with Crippen LogP contribution in [-0.2, 0) is 16.0 Å². The van der Waals surface area contributed by atoms with E-state index in [-0.39, 0.29) is 11.8 Å². The third kappa shape index (κ3) is 29.3. The molecule has 0 radical (unpaired) electrons. The molecule has 0 spiro atoms. The average Bonchev–Trinajstić information content (AvgIpc) is 1.50. The van der Waals surface area contributed by atoms with Gasteiger partial charge in [-0.1, -0.05) is 214 Å². The van der Waals surface area contributed by atoms with Gasteiger partial charge in [0.1, 0.15) is 23.8 Å². The first-order valence-electron chi connectivity index (χ1n) is 32.3. The van der Waals surface area contributed by atoms with Crippen molar-refractivity contribution in [2.45, 2.75) is 179 Å². The lowest BCUT2D eigenvalue weighted by Crippen LogP contribution is -2.44. The number of rotatable bonds is 31. The summed E-state index contributed by atoms with van der Waals surface area (Å²) in [7, 11) is 3.75. The molecule has 10 heteroatoms. The number of aldehydes is 1. The van der Waals surface area contributed by atoms with Gasteiger partial charge in [-0.25, -0.2) is 0 Å². The van der Waals surface area contributed by atoms with E-state index in [4.69, 9.17) is 17.0 Å². The van der Waals surface area contributed by atoms with E-state index in [1.807, 2.05) is 119 Å². The van der Waals surface area contributed by atoms with Crippen LogP contribution in [0.2, 0.25) is 0 Å². The first-order valence-corrected chi connectivity index (χ1v) is 32.8. The van der Waals surface area contributed by atoms with Crippen LogP contribution in [0.4, 0.5) is 5.69 Å². The Hall–Kier alpha value is -6.46. The summed E-state index contributed by atoms with van der Waals surface area (Å²) in [5.74, 6) is 2.16. The normalized spacial score (nSPS) is 13.3. The molecule has 0 saturated carbocycles. The highest BCUT2D eigenvalue weighted by atomic mass is 32.1. The SMILES string of the molecule is C=C/C(=C\C=C(\CCc1ccc(OC(=C\C)/C(/C=C\C=C/CC)=C/C)c(C)c1)C(C)CC)CCC.CCCC.CCCN(CCC)CCCC=O.CCN(C(=O)c1cc2ccccc2cc1NC=S)C(C(=O)N1CCCC1)c1ccccc1.CNC. The molecular weight excluding hydrogens is 1080 g/mol. The van der Waals surface area contributed by atoms with E-state index in [1.54, 1.807) is 4.90 Å². The van der Waals surface area contributed by atoms with Gasteiger partial charge in [0.05, 0.1) is 16.7 Å². The molecule has 1 aliphatic rings. The molecule has 4 aromatic rings. The molecule has 1 aliphatic heterocycles. The van der Waals surface area contributed by atoms with Crippen LogP contribution in [0.5, 0.6) is 5.75 Å². The summed E-state index contributed by atoms with van der Waals surface area (Å²) in [5, 5.41) is 7.76. The van der Waals surface area contributed by atoms with Gasteiger partial charge in [0, 0.05) is 31.6 Å². The van der Waals surface area contributed by atoms with Crippen LogP contribution < -0.4 is 15.4 Å². The minimum Gasteiger partial charge on any atom is -0.457 e. The van der Waals surface area contributed by atoms with E-state index in [9.17, 15) is 14.4 Å². The lowest BCUT2D eigenvalue weighted by Gasteiger charge is -2.33. The highest BCUT2D eigenvalue weighted by Crippen LogP contribution is 2.32. The quantitative estimate of drug-likeness (QED) is 0.0169. The van der Waals surface area contributed by atoms with Crippen molar-refractivity contribution in [3.05, 3.63) is 191 Å². The Balaban J connectivity index is 0.000000664. The van der Waals surface area contributed by atoms with Gasteiger partial charge < -0.3 is 34.9 Å². The molecule has 86 heavy (non-hydrogen) atoms. The molecule has 472 valence electrons. The standard InChI is InChI=1S/C34H48O.C26H27N3O2S.C10H21NO.C4H10.C2H7N/c1-9-15-16-17-19-31(13-5)33(14-6)35-34-25-22-30(26-28(34)8)21-24-32(27(7)11-3)23-20-29(12-4)18-10-2;1-2-29(24(19-10-4-3-5-11-19)26(31)28-14-8-9-15-28)25(30)22-16-20-12-6-7-13-21(20)17-23(22)27-18-32;1-3-7-11(8-4-2)9-5-6-10-12;1-3-4-2;1-3-2/h12-17,19-20,22-23,25-27H,4,9-11,18,21,24H2,1-3,5-8H3;3-7,10-13,16-18,24H,2,8-9,14-15H2,1H3,(H,27,32);10H,3-9H2,1-2H3;3-4H2,1-2H3;3H,1-2H3/b16-15-,19-17-,29-20+,31-13+,32-23-,33-14-;;;;. The summed E-state index contributed by atoms with van der Waals surface area (Å²) in [6.45, 7) is 35.1. The lowest BCUT2D eigenvalue weighted by molar-refractivity contribution is -0.135. The molecule has 2 atom stereocenters. The number of hydrogen-bond donors (Lipinski definition) is 2. The number of hydrogen-bond acceptors (Lipinski definition) is 7. The lowest BCUT2D eigenvalue weighted by atomic mass is 9.91. The zero-order chi connectivity index (χ0) is 63.9. The molecule has 1 heterocycles. The van der Waals surface area contributed by atoms with Crippen LogP contribution in [0.25, 0.3) is 10.8 Å². The number of carbonyl (C=O) groups is 3. The van der Waals surface area contributed by atoms with Gasteiger partial charge in [-0.05, 0) is 189 Å². The number of likely N-dealkylation sites (N-methyl/N-ethyl adjacent to an activating group) is 1. The first-order chi connectivity index (χ1) is 41.7. The van der Waals surface area contributed by atoms with Gasteiger partial charge in [-0.2, -0.15) is 0 Å². The van der Waals surface area contributed by atoms with Crippen molar-refractivity contribution in [1.29, 1.82) is 0 Å². The molecule has 5 rings (SSSR count). The molecular formula is C76H113N5O4S. The number of thiocarbonyl (C=S) groups is 1. The van der Waals surface area contributed by atoms with Crippen LogP contribution in [0.1, 0.15) is 193 Å². The van der Waals surface area contributed by atoms with Crippen molar-refractivity contribution < 1.29 is 19.1 Å². The summed E-state index contributed by atoms with van der Waals surface area (Å²) >= 11 is 5.02. The molecule has 2 amide bonds. The minimum atomic E-state index is -0.668. The van der Waals surface area contributed by atoms with E-state index >= 15 is 0 Å². The minimum absolute atomic E-state index is 0.0194. The van der Waals surface area contributed by atoms with Crippen molar-refractivity contribution in [2.75, 3.05) is 58.7 Å². The highest BCUT2D eigenvalue weighted by Gasteiger charge is 2.35. The topological polar surface area (TPSA) is 94.2 Å². The molecule has 2 N–H and O–H groups in total. The Morgan fingerprint density at radius 3 is 1.94 bits per heavy atom. The fourth-order valence-electron chi connectivity index (χ4n) is 9.65. The predicted molar refractivity (Wildman–Crippen MR) is 378 cm³/mol. The molecule has 9 nitrogen and oxygen atoms in total. The van der Waals surface area contributed by atoms with Gasteiger partial charge in [-0.3, -0.25) is 9.59 Å². The Morgan fingerprint density at radius 1 is 0.779 bits per heavy atom. The first kappa shape index (κ1) is 77.6. The Kier molecular flexibility index (Phi) is 43.9.